The summed E-state index contributed by atoms with van der Waals surface area (Å²) in [6, 6.07) is 0. The second-order valence-corrected chi connectivity index (χ2v) is 9.63. The van der Waals surface area contributed by atoms with Crippen molar-refractivity contribution in [1.82, 2.24) is 0 Å². The molecule has 7 atom stereocenters. The van der Waals surface area contributed by atoms with Gasteiger partial charge in [-0.05, 0) is 80.5 Å². The van der Waals surface area contributed by atoms with Gasteiger partial charge in [0.25, 0.3) is 0 Å². The Kier molecular flexibility index (Phi) is 3.87. The molecule has 0 spiro atoms. The molecule has 3 fully saturated rings. The summed E-state index contributed by atoms with van der Waals surface area (Å²) in [5.74, 6) is 5.74. The van der Waals surface area contributed by atoms with E-state index in [9.17, 15) is 4.79 Å². The van der Waals surface area contributed by atoms with Crippen LogP contribution in [0.15, 0.2) is 12.2 Å². The quantitative estimate of drug-likeness (QED) is 0.376. The monoisotopic (exact) mass is 340 g/mol. The summed E-state index contributed by atoms with van der Waals surface area (Å²) in [5.41, 5.74) is -0.275. The smallest absolute Gasteiger partial charge is 0.304 e. The molecule has 2 unspecified atom stereocenters. The first-order valence-corrected chi connectivity index (χ1v) is 10.2. The first-order valence-electron chi connectivity index (χ1n) is 10.2. The lowest BCUT2D eigenvalue weighted by Gasteiger charge is -2.60. The average Bonchev–Trinajstić information content (AvgIpc) is 2.87. The van der Waals surface area contributed by atoms with Gasteiger partial charge in [-0.15, -0.1) is 6.42 Å². The van der Waals surface area contributed by atoms with Gasteiger partial charge >= 0.3 is 5.97 Å². The zero-order valence-electron chi connectivity index (χ0n) is 16.0. The Bertz CT molecular complexity index is 643. The number of carbonyl (C=O) groups excluding carboxylic acids is 1. The molecule has 0 heterocycles. The van der Waals surface area contributed by atoms with Gasteiger partial charge in [-0.25, -0.2) is 0 Å². The molecule has 4 aliphatic rings. The molecule has 0 aromatic carbocycles. The molecule has 0 bridgehead atoms. The molecule has 4 rings (SSSR count). The van der Waals surface area contributed by atoms with Crippen LogP contribution in [0.2, 0.25) is 0 Å². The number of esters is 1. The van der Waals surface area contributed by atoms with Crippen molar-refractivity contribution in [3.8, 4) is 12.3 Å². The number of rotatable bonds is 1. The number of terminal acetylenes is 1. The number of allylic oxidation sites excluding steroid dienone is 2. The third-order valence-corrected chi connectivity index (χ3v) is 8.88. The Labute approximate surface area is 152 Å². The number of ether oxygens (including phenoxy) is 1. The third-order valence-electron chi connectivity index (χ3n) is 8.88. The van der Waals surface area contributed by atoms with E-state index in [2.05, 4.69) is 31.9 Å². The van der Waals surface area contributed by atoms with Gasteiger partial charge in [0.1, 0.15) is 0 Å². The number of fused-ring (bicyclic) bond motifs is 5. The van der Waals surface area contributed by atoms with Crippen LogP contribution < -0.4 is 0 Å². The highest BCUT2D eigenvalue weighted by Gasteiger charge is 2.65. The minimum atomic E-state index is -0.682. The van der Waals surface area contributed by atoms with E-state index < -0.39 is 5.60 Å². The zero-order chi connectivity index (χ0) is 17.9. The minimum Gasteiger partial charge on any atom is -0.445 e. The Morgan fingerprint density at radius 2 is 1.88 bits per heavy atom. The van der Waals surface area contributed by atoms with Gasteiger partial charge in [-0.2, -0.15) is 0 Å². The predicted molar refractivity (Wildman–Crippen MR) is 99.6 cm³/mol. The molecular formula is C23H32O2. The van der Waals surface area contributed by atoms with Crippen LogP contribution in [0.1, 0.15) is 72.1 Å². The predicted octanol–water partition coefficient (Wildman–Crippen LogP) is 5.13. The summed E-state index contributed by atoms with van der Waals surface area (Å²) in [7, 11) is 0. The van der Waals surface area contributed by atoms with Crippen molar-refractivity contribution >= 4 is 5.97 Å². The summed E-state index contributed by atoms with van der Waals surface area (Å²) in [6.45, 7) is 6.37. The number of carbonyl (C=O) groups is 1. The molecule has 3 saturated carbocycles. The average molecular weight is 341 g/mol. The molecule has 136 valence electrons. The lowest BCUT2D eigenvalue weighted by atomic mass is 9.45. The van der Waals surface area contributed by atoms with Gasteiger partial charge in [-0.3, -0.25) is 4.79 Å². The first kappa shape index (κ1) is 17.2. The highest BCUT2D eigenvalue weighted by molar-refractivity contribution is 5.67. The molecule has 4 aliphatic carbocycles. The summed E-state index contributed by atoms with van der Waals surface area (Å²) in [4.78, 5) is 11.8. The van der Waals surface area contributed by atoms with E-state index in [0.29, 0.717) is 11.3 Å². The zero-order valence-corrected chi connectivity index (χ0v) is 16.0. The van der Waals surface area contributed by atoms with Gasteiger partial charge < -0.3 is 4.74 Å². The summed E-state index contributed by atoms with van der Waals surface area (Å²) < 4.78 is 5.85. The normalized spacial score (nSPS) is 51.0. The van der Waals surface area contributed by atoms with Crippen molar-refractivity contribution < 1.29 is 9.53 Å². The SMILES string of the molecule is C#CC1(OC(C)=O)CC[C@H]2[C@@H]3CCC4CC=CC[C@]4(C)[C@H]3CC[C@@]21C. The van der Waals surface area contributed by atoms with Crippen LogP contribution in [0, 0.1) is 46.8 Å². The van der Waals surface area contributed by atoms with Crippen molar-refractivity contribution in [3.63, 3.8) is 0 Å². The van der Waals surface area contributed by atoms with Crippen molar-refractivity contribution in [2.24, 2.45) is 34.5 Å². The van der Waals surface area contributed by atoms with Gasteiger partial charge in [-0.1, -0.05) is 31.9 Å². The maximum atomic E-state index is 11.8. The van der Waals surface area contributed by atoms with Crippen LogP contribution in [-0.2, 0) is 9.53 Å². The highest BCUT2D eigenvalue weighted by atomic mass is 16.6. The number of hydrogen-bond acceptors (Lipinski definition) is 2. The van der Waals surface area contributed by atoms with Crippen LogP contribution >= 0.6 is 0 Å². The van der Waals surface area contributed by atoms with Gasteiger partial charge in [0.15, 0.2) is 5.60 Å². The molecule has 0 aliphatic heterocycles. The fourth-order valence-electron chi connectivity index (χ4n) is 7.52. The minimum absolute atomic E-state index is 0.0533. The van der Waals surface area contributed by atoms with Crippen LogP contribution in [0.3, 0.4) is 0 Å². The molecule has 0 N–H and O–H groups in total. The standard InChI is InChI=1S/C23H32O2/c1-5-23(25-16(2)24)15-12-20-18-10-9-17-8-6-7-13-21(17,3)19(18)11-14-22(20,23)4/h1,6-7,17-20H,8-15H2,2-4H3/t17?,18-,19+,20+,21+,22+,23?/m1/s1. The van der Waals surface area contributed by atoms with Crippen LogP contribution in [0.4, 0.5) is 0 Å². The van der Waals surface area contributed by atoms with Gasteiger partial charge in [0.2, 0.25) is 0 Å². The fourth-order valence-corrected chi connectivity index (χ4v) is 7.52. The molecule has 0 radical (unpaired) electrons. The summed E-state index contributed by atoms with van der Waals surface area (Å²) >= 11 is 0. The van der Waals surface area contributed by atoms with E-state index in [1.165, 1.54) is 39.0 Å². The Hall–Kier alpha value is -1.23. The molecule has 2 nitrogen and oxygen atoms in total. The lowest BCUT2D eigenvalue weighted by Crippen LogP contribution is -2.56. The number of hydrogen-bond donors (Lipinski definition) is 0. The lowest BCUT2D eigenvalue weighted by molar-refractivity contribution is -0.172. The van der Waals surface area contributed by atoms with E-state index in [1.54, 1.807) is 0 Å². The second-order valence-electron chi connectivity index (χ2n) is 9.63. The topological polar surface area (TPSA) is 26.3 Å². The van der Waals surface area contributed by atoms with E-state index in [0.717, 1.165) is 37.0 Å². The first-order chi connectivity index (χ1) is 11.9. The second kappa shape index (κ2) is 5.63. The van der Waals surface area contributed by atoms with Crippen LogP contribution in [0.25, 0.3) is 0 Å². The fraction of sp³-hybridized carbons (Fsp3) is 0.783. The maximum Gasteiger partial charge on any atom is 0.304 e. The summed E-state index contributed by atoms with van der Waals surface area (Å²) in [6.07, 6.45) is 20.3. The van der Waals surface area contributed by atoms with Crippen LogP contribution in [-0.4, -0.2) is 11.6 Å². The molecule has 25 heavy (non-hydrogen) atoms. The third kappa shape index (κ3) is 2.20. The van der Waals surface area contributed by atoms with E-state index in [4.69, 9.17) is 11.2 Å². The largest absolute Gasteiger partial charge is 0.445 e. The van der Waals surface area contributed by atoms with Crippen LogP contribution in [0.5, 0.6) is 0 Å². The molecule has 0 saturated heterocycles. The van der Waals surface area contributed by atoms with Crippen molar-refractivity contribution in [2.45, 2.75) is 77.7 Å². The molecule has 0 aromatic rings. The Morgan fingerprint density at radius 3 is 2.60 bits per heavy atom. The summed E-state index contributed by atoms with van der Waals surface area (Å²) in [5, 5.41) is 0. The molecule has 2 heteroatoms. The van der Waals surface area contributed by atoms with Gasteiger partial charge in [0.05, 0.1) is 0 Å². The van der Waals surface area contributed by atoms with Crippen molar-refractivity contribution in [1.29, 1.82) is 0 Å². The molecule has 0 amide bonds. The van der Waals surface area contributed by atoms with Crippen molar-refractivity contribution in [2.75, 3.05) is 0 Å². The Morgan fingerprint density at radius 1 is 1.12 bits per heavy atom. The molecular weight excluding hydrogens is 308 g/mol. The highest BCUT2D eigenvalue weighted by Crippen LogP contribution is 2.68. The van der Waals surface area contributed by atoms with E-state index >= 15 is 0 Å². The van der Waals surface area contributed by atoms with Crippen molar-refractivity contribution in [3.05, 3.63) is 12.2 Å². The Balaban J connectivity index is 1.67. The van der Waals surface area contributed by atoms with E-state index in [-0.39, 0.29) is 11.4 Å². The molecule has 0 aromatic heterocycles. The van der Waals surface area contributed by atoms with Gasteiger partial charge in [0, 0.05) is 12.3 Å². The van der Waals surface area contributed by atoms with E-state index in [1.807, 2.05) is 0 Å². The maximum absolute atomic E-state index is 11.8.